The zero-order valence-electron chi connectivity index (χ0n) is 17.9. The number of hydrogen-bond acceptors (Lipinski definition) is 6. The van der Waals surface area contributed by atoms with Gasteiger partial charge in [0.1, 0.15) is 17.3 Å². The van der Waals surface area contributed by atoms with Crippen LogP contribution in [-0.2, 0) is 16.1 Å². The first-order chi connectivity index (χ1) is 16.2. The average molecular weight is 459 g/mol. The van der Waals surface area contributed by atoms with E-state index in [4.69, 9.17) is 9.15 Å². The first kappa shape index (κ1) is 21.3. The number of furan rings is 1. The Morgan fingerprint density at radius 2 is 2.03 bits per heavy atom. The Kier molecular flexibility index (Phi) is 6.15. The lowest BCUT2D eigenvalue weighted by Crippen LogP contribution is -2.18. The molecular formula is C25H22N4O3S. The van der Waals surface area contributed by atoms with Crippen LogP contribution in [0.1, 0.15) is 18.6 Å². The van der Waals surface area contributed by atoms with Crippen LogP contribution >= 0.6 is 11.8 Å². The van der Waals surface area contributed by atoms with Crippen LogP contribution in [0.25, 0.3) is 22.2 Å². The molecule has 166 valence electrons. The van der Waals surface area contributed by atoms with Gasteiger partial charge in [0.05, 0.1) is 30.3 Å². The molecule has 3 heterocycles. The lowest BCUT2D eigenvalue weighted by molar-refractivity contribution is -0.113. The third-order valence-corrected chi connectivity index (χ3v) is 6.58. The third-order valence-electron chi connectivity index (χ3n) is 5.59. The predicted octanol–water partition coefficient (Wildman–Crippen LogP) is 5.08. The van der Waals surface area contributed by atoms with Crippen LogP contribution in [0.2, 0.25) is 0 Å². The molecular weight excluding hydrogens is 436 g/mol. The number of benzene rings is 2. The molecule has 5 rings (SSSR count). The highest BCUT2D eigenvalue weighted by Crippen LogP contribution is 2.31. The van der Waals surface area contributed by atoms with Crippen molar-refractivity contribution >= 4 is 34.3 Å². The summed E-state index contributed by atoms with van der Waals surface area (Å²) in [7, 11) is 0. The molecule has 0 saturated carbocycles. The van der Waals surface area contributed by atoms with Crippen molar-refractivity contribution in [1.82, 2.24) is 9.55 Å². The Bertz CT molecular complexity index is 1320. The number of nitriles is 1. The van der Waals surface area contributed by atoms with Crippen molar-refractivity contribution in [2.45, 2.75) is 30.6 Å². The monoisotopic (exact) mass is 458 g/mol. The summed E-state index contributed by atoms with van der Waals surface area (Å²) >= 11 is 1.37. The number of para-hydroxylation sites is 1. The molecule has 0 spiro atoms. The highest BCUT2D eigenvalue weighted by molar-refractivity contribution is 7.99. The fourth-order valence-corrected chi connectivity index (χ4v) is 4.82. The number of carbonyl (C=O) groups excluding carboxylic acids is 1. The van der Waals surface area contributed by atoms with Crippen molar-refractivity contribution in [2.75, 3.05) is 17.7 Å². The molecule has 1 aliphatic rings. The summed E-state index contributed by atoms with van der Waals surface area (Å²) in [5.74, 6) is 0.0259. The van der Waals surface area contributed by atoms with Crippen molar-refractivity contribution in [3.8, 4) is 17.3 Å². The van der Waals surface area contributed by atoms with Gasteiger partial charge in [-0.15, -0.1) is 0 Å². The highest BCUT2D eigenvalue weighted by Gasteiger charge is 2.22. The maximum Gasteiger partial charge on any atom is 0.234 e. The van der Waals surface area contributed by atoms with E-state index in [1.807, 2.05) is 48.7 Å². The minimum absolute atomic E-state index is 0.0980. The number of rotatable bonds is 7. The molecule has 0 aliphatic carbocycles. The Morgan fingerprint density at radius 3 is 2.82 bits per heavy atom. The number of fused-ring (bicyclic) bond motifs is 1. The van der Waals surface area contributed by atoms with Crippen LogP contribution < -0.4 is 5.32 Å². The van der Waals surface area contributed by atoms with Gasteiger partial charge in [-0.3, -0.25) is 4.79 Å². The Balaban J connectivity index is 1.35. The van der Waals surface area contributed by atoms with Gasteiger partial charge in [0.2, 0.25) is 11.7 Å². The summed E-state index contributed by atoms with van der Waals surface area (Å²) in [6.07, 6.45) is 4.07. The largest absolute Gasteiger partial charge is 0.443 e. The highest BCUT2D eigenvalue weighted by atomic mass is 32.2. The van der Waals surface area contributed by atoms with E-state index in [2.05, 4.69) is 27.0 Å². The van der Waals surface area contributed by atoms with Crippen molar-refractivity contribution in [3.63, 3.8) is 0 Å². The van der Waals surface area contributed by atoms with Crippen LogP contribution in [0.4, 0.5) is 5.69 Å². The predicted molar refractivity (Wildman–Crippen MR) is 127 cm³/mol. The van der Waals surface area contributed by atoms with E-state index in [0.717, 1.165) is 35.9 Å². The smallest absolute Gasteiger partial charge is 0.234 e. The van der Waals surface area contributed by atoms with Crippen LogP contribution in [0.5, 0.6) is 0 Å². The molecule has 1 N–H and O–H groups in total. The summed E-state index contributed by atoms with van der Waals surface area (Å²) < 4.78 is 13.5. The zero-order valence-corrected chi connectivity index (χ0v) is 18.7. The van der Waals surface area contributed by atoms with Crippen molar-refractivity contribution in [1.29, 1.82) is 5.26 Å². The van der Waals surface area contributed by atoms with E-state index in [9.17, 15) is 10.1 Å². The third kappa shape index (κ3) is 4.51. The second-order valence-corrected chi connectivity index (χ2v) is 8.73. The molecule has 1 saturated heterocycles. The fraction of sp³-hybridized carbons (Fsp3) is 0.240. The molecule has 1 fully saturated rings. The Labute approximate surface area is 195 Å². The van der Waals surface area contributed by atoms with Gasteiger partial charge in [-0.2, -0.15) is 5.26 Å². The summed E-state index contributed by atoms with van der Waals surface area (Å²) in [6.45, 7) is 1.48. The molecule has 2 aromatic heterocycles. The second-order valence-electron chi connectivity index (χ2n) is 7.79. The number of aromatic nitrogens is 2. The maximum absolute atomic E-state index is 12.8. The Morgan fingerprint density at radius 1 is 1.21 bits per heavy atom. The summed E-state index contributed by atoms with van der Waals surface area (Å²) in [6, 6.07) is 19.4. The molecule has 4 aromatic rings. The van der Waals surface area contributed by atoms with Crippen LogP contribution in [0, 0.1) is 11.3 Å². The van der Waals surface area contributed by atoms with Crippen molar-refractivity contribution < 1.29 is 13.9 Å². The number of ether oxygens (including phenoxy) is 1. The summed E-state index contributed by atoms with van der Waals surface area (Å²) in [5, 5.41) is 13.7. The van der Waals surface area contributed by atoms with Gasteiger partial charge in [-0.05, 0) is 30.5 Å². The minimum atomic E-state index is -0.226. The molecule has 33 heavy (non-hydrogen) atoms. The lowest BCUT2D eigenvalue weighted by Gasteiger charge is -2.16. The number of nitrogens with zero attached hydrogens (tertiary/aromatic N) is 3. The molecule has 1 amide bonds. The van der Waals surface area contributed by atoms with E-state index < -0.39 is 0 Å². The first-order valence-electron chi connectivity index (χ1n) is 10.8. The number of hydrogen-bond donors (Lipinski definition) is 1. The zero-order chi connectivity index (χ0) is 22.6. The molecule has 7 nitrogen and oxygen atoms in total. The SMILES string of the molecule is N#Cc1oc2ccccc2c1NC(=O)CSc1ncc(-c2ccccc2)n1CC1CCCO1. The first-order valence-corrected chi connectivity index (χ1v) is 11.8. The van der Waals surface area contributed by atoms with Crippen molar-refractivity contribution in [3.05, 3.63) is 66.6 Å². The fourth-order valence-electron chi connectivity index (χ4n) is 4.04. The average Bonchev–Trinajstić information content (AvgIpc) is 3.58. The van der Waals surface area contributed by atoms with Crippen LogP contribution in [0.15, 0.2) is 70.4 Å². The number of amides is 1. The van der Waals surface area contributed by atoms with Gasteiger partial charge < -0.3 is 19.0 Å². The van der Waals surface area contributed by atoms with Gasteiger partial charge in [0, 0.05) is 12.0 Å². The van der Waals surface area contributed by atoms with Crippen LogP contribution in [-0.4, -0.2) is 33.9 Å². The topological polar surface area (TPSA) is 93.1 Å². The Hall–Kier alpha value is -3.54. The van der Waals surface area contributed by atoms with E-state index >= 15 is 0 Å². The molecule has 2 aromatic carbocycles. The van der Waals surface area contributed by atoms with Crippen LogP contribution in [0.3, 0.4) is 0 Å². The lowest BCUT2D eigenvalue weighted by atomic mass is 10.1. The summed E-state index contributed by atoms with van der Waals surface area (Å²) in [5.41, 5.74) is 3.05. The van der Waals surface area contributed by atoms with Gasteiger partial charge >= 0.3 is 0 Å². The number of anilines is 1. The van der Waals surface area contributed by atoms with Gasteiger partial charge in [-0.25, -0.2) is 4.98 Å². The number of imidazole rings is 1. The second kappa shape index (κ2) is 9.53. The van der Waals surface area contributed by atoms with Gasteiger partial charge in [-0.1, -0.05) is 54.2 Å². The van der Waals surface area contributed by atoms with Crippen molar-refractivity contribution in [2.24, 2.45) is 0 Å². The van der Waals surface area contributed by atoms with E-state index in [1.165, 1.54) is 11.8 Å². The van der Waals surface area contributed by atoms with E-state index in [1.54, 1.807) is 6.07 Å². The molecule has 1 aliphatic heterocycles. The van der Waals surface area contributed by atoms with E-state index in [0.29, 0.717) is 23.2 Å². The van der Waals surface area contributed by atoms with Gasteiger partial charge in [0.25, 0.3) is 0 Å². The quantitative estimate of drug-likeness (QED) is 0.388. The summed E-state index contributed by atoms with van der Waals surface area (Å²) in [4.78, 5) is 17.4. The minimum Gasteiger partial charge on any atom is -0.443 e. The molecule has 0 radical (unpaired) electrons. The number of thioether (sulfide) groups is 1. The molecule has 1 unspecified atom stereocenters. The number of carbonyl (C=O) groups is 1. The normalized spacial score (nSPS) is 15.5. The molecule has 0 bridgehead atoms. The number of nitrogens with one attached hydrogen (secondary N) is 1. The molecule has 8 heteroatoms. The van der Waals surface area contributed by atoms with Gasteiger partial charge in [0.15, 0.2) is 5.16 Å². The van der Waals surface area contributed by atoms with E-state index in [-0.39, 0.29) is 23.5 Å². The molecule has 1 atom stereocenters. The standard InChI is InChI=1S/C25H22N4O3S/c26-13-22-24(19-10-4-5-11-21(19)32-22)28-23(30)16-33-25-27-14-20(17-7-2-1-3-8-17)29(25)15-18-9-6-12-31-18/h1-5,7-8,10-11,14,18H,6,9,12,15-16H2,(H,28,30). The maximum atomic E-state index is 12.8.